The van der Waals surface area contributed by atoms with Gasteiger partial charge in [0.15, 0.2) is 0 Å². The van der Waals surface area contributed by atoms with Gasteiger partial charge in [0.1, 0.15) is 5.82 Å². The molecule has 5 heterocycles. The molecular weight excluding hydrogens is 470 g/mol. The third-order valence-corrected chi connectivity index (χ3v) is 7.86. The Morgan fingerprint density at radius 1 is 0.711 bits per heavy atom. The summed E-state index contributed by atoms with van der Waals surface area (Å²) in [4.78, 5) is 18.5. The molecule has 0 aliphatic heterocycles. The van der Waals surface area contributed by atoms with Crippen molar-refractivity contribution in [2.24, 2.45) is 0 Å². The predicted octanol–water partition coefficient (Wildman–Crippen LogP) is 7.02. The molecule has 0 atom stereocenters. The number of hydrogen-bond donors (Lipinski definition) is 1. The maximum absolute atomic E-state index is 5.17. The fourth-order valence-electron chi connectivity index (χ4n) is 5.85. The topological polar surface area (TPSA) is 68.2 Å². The first kappa shape index (κ1) is 21.4. The lowest BCUT2D eigenvalue weighted by Crippen LogP contribution is -2.12. The van der Waals surface area contributed by atoms with Crippen molar-refractivity contribution >= 4 is 55.7 Å². The van der Waals surface area contributed by atoms with Crippen LogP contribution >= 0.6 is 0 Å². The Bertz CT molecular complexity index is 2250. The molecule has 0 unspecified atom stereocenters. The zero-order chi connectivity index (χ0) is 25.9. The van der Waals surface area contributed by atoms with Crippen LogP contribution in [0.4, 0.5) is 0 Å². The van der Waals surface area contributed by atoms with Gasteiger partial charge in [0, 0.05) is 6.20 Å². The Morgan fingerprint density at radius 3 is 2.16 bits per heavy atom. The summed E-state index contributed by atoms with van der Waals surface area (Å²) in [6, 6.07) is 21.5. The highest BCUT2D eigenvalue weighted by molar-refractivity contribution is 6.01. The summed E-state index contributed by atoms with van der Waals surface area (Å²) >= 11 is 0. The fourth-order valence-corrected chi connectivity index (χ4v) is 5.85. The van der Waals surface area contributed by atoms with Crippen molar-refractivity contribution in [2.45, 2.75) is 40.0 Å². The number of pyridine rings is 1. The normalized spacial score (nSPS) is 12.9. The van der Waals surface area contributed by atoms with E-state index in [1.54, 1.807) is 0 Å². The molecule has 0 amide bonds. The average molecular weight is 498 g/mol. The van der Waals surface area contributed by atoms with Crippen molar-refractivity contribution in [3.8, 4) is 5.82 Å². The largest absolute Gasteiger partial charge is 0.323 e. The van der Waals surface area contributed by atoms with Crippen molar-refractivity contribution < 1.29 is 0 Å². The number of imidazole rings is 4. The SMILES string of the molecule is Cc1cccc2c1nc1[nH]c3cc4c(cc3n12)n1c2cccc(C)c2nc1n4-c1cc(C(C)(C)C)ccn1. The number of hydrogen-bond acceptors (Lipinski definition) is 3. The smallest absolute Gasteiger partial charge is 0.221 e. The number of H-pyrrole nitrogens is 1. The monoisotopic (exact) mass is 497 g/mol. The van der Waals surface area contributed by atoms with Crippen molar-refractivity contribution in [1.29, 1.82) is 0 Å². The van der Waals surface area contributed by atoms with Gasteiger partial charge in [-0.3, -0.25) is 13.4 Å². The molecule has 0 spiro atoms. The summed E-state index contributed by atoms with van der Waals surface area (Å²) in [7, 11) is 0. The van der Waals surface area contributed by atoms with Crippen LogP contribution in [0.25, 0.3) is 61.5 Å². The standard InChI is InChI=1S/C31H27N7/c1-17-8-6-10-21-27(17)34-29-33-20-15-24-25(16-23(20)36(21)29)37-22-11-7-9-18(2)28(22)35-30(37)38(24)26-14-19(12-13-32-26)31(3,4)5/h6-16H,1-5H3,(H,33,34). The molecule has 0 fully saturated rings. The zero-order valence-corrected chi connectivity index (χ0v) is 22.0. The van der Waals surface area contributed by atoms with Gasteiger partial charge in [-0.15, -0.1) is 0 Å². The highest BCUT2D eigenvalue weighted by atomic mass is 15.2. The van der Waals surface area contributed by atoms with Gasteiger partial charge in [-0.05, 0) is 72.4 Å². The second-order valence-electron chi connectivity index (χ2n) is 11.4. The Hall–Kier alpha value is -4.65. The van der Waals surface area contributed by atoms with E-state index in [-0.39, 0.29) is 5.41 Å². The highest BCUT2D eigenvalue weighted by Gasteiger charge is 2.23. The quantitative estimate of drug-likeness (QED) is 0.265. The molecule has 0 saturated carbocycles. The molecule has 7 heteroatoms. The van der Waals surface area contributed by atoms with Crippen molar-refractivity contribution in [3.05, 3.63) is 83.6 Å². The molecule has 0 saturated heterocycles. The van der Waals surface area contributed by atoms with Gasteiger partial charge in [-0.2, -0.15) is 0 Å². The van der Waals surface area contributed by atoms with Gasteiger partial charge in [0.05, 0.1) is 44.1 Å². The predicted molar refractivity (Wildman–Crippen MR) is 154 cm³/mol. The molecule has 0 aliphatic carbocycles. The van der Waals surface area contributed by atoms with Crippen LogP contribution in [0, 0.1) is 13.8 Å². The molecule has 3 aromatic carbocycles. The minimum atomic E-state index is 0.00481. The van der Waals surface area contributed by atoms with E-state index in [0.717, 1.165) is 67.1 Å². The first-order valence-corrected chi connectivity index (χ1v) is 13.0. The van der Waals surface area contributed by atoms with E-state index in [2.05, 4.69) is 114 Å². The summed E-state index contributed by atoms with van der Waals surface area (Å²) < 4.78 is 6.68. The van der Waals surface area contributed by atoms with E-state index in [0.29, 0.717) is 0 Å². The van der Waals surface area contributed by atoms with Crippen LogP contribution in [0.2, 0.25) is 0 Å². The summed E-state index contributed by atoms with van der Waals surface area (Å²) in [6.45, 7) is 10.9. The number of aromatic amines is 1. The van der Waals surface area contributed by atoms with Crippen LogP contribution in [0.3, 0.4) is 0 Å². The molecule has 1 N–H and O–H groups in total. The number of nitrogens with zero attached hydrogens (tertiary/aromatic N) is 6. The lowest BCUT2D eigenvalue weighted by atomic mass is 9.88. The number of benzene rings is 3. The van der Waals surface area contributed by atoms with Crippen LogP contribution < -0.4 is 0 Å². The minimum Gasteiger partial charge on any atom is -0.323 e. The van der Waals surface area contributed by atoms with Crippen LogP contribution in [-0.2, 0) is 5.41 Å². The van der Waals surface area contributed by atoms with E-state index < -0.39 is 0 Å². The summed E-state index contributed by atoms with van der Waals surface area (Å²) in [5.74, 6) is 2.57. The van der Waals surface area contributed by atoms with Gasteiger partial charge in [0.2, 0.25) is 11.6 Å². The van der Waals surface area contributed by atoms with E-state index in [9.17, 15) is 0 Å². The average Bonchev–Trinajstić information content (AvgIpc) is 3.60. The molecule has 38 heavy (non-hydrogen) atoms. The zero-order valence-electron chi connectivity index (χ0n) is 22.0. The first-order chi connectivity index (χ1) is 18.3. The van der Waals surface area contributed by atoms with Gasteiger partial charge >= 0.3 is 0 Å². The molecule has 5 aromatic heterocycles. The van der Waals surface area contributed by atoms with Crippen molar-refractivity contribution in [1.82, 2.24) is 33.3 Å². The third kappa shape index (κ3) is 2.70. The molecule has 7 nitrogen and oxygen atoms in total. The molecule has 8 aromatic rings. The Morgan fingerprint density at radius 2 is 1.42 bits per heavy atom. The van der Waals surface area contributed by atoms with E-state index in [4.69, 9.17) is 15.0 Å². The maximum atomic E-state index is 5.17. The summed E-state index contributed by atoms with van der Waals surface area (Å²) in [5, 5.41) is 0. The summed E-state index contributed by atoms with van der Waals surface area (Å²) in [6.07, 6.45) is 1.90. The van der Waals surface area contributed by atoms with Gasteiger partial charge in [-0.1, -0.05) is 45.0 Å². The van der Waals surface area contributed by atoms with E-state index >= 15 is 0 Å². The number of fused-ring (bicyclic) bond motifs is 10. The van der Waals surface area contributed by atoms with Crippen molar-refractivity contribution in [2.75, 3.05) is 0 Å². The summed E-state index contributed by atoms with van der Waals surface area (Å²) in [5.41, 5.74) is 12.0. The molecule has 0 bridgehead atoms. The fraction of sp³-hybridized carbons (Fsp3) is 0.194. The van der Waals surface area contributed by atoms with Gasteiger partial charge in [0.25, 0.3) is 0 Å². The third-order valence-electron chi connectivity index (χ3n) is 7.86. The molecule has 0 aliphatic rings. The maximum Gasteiger partial charge on any atom is 0.221 e. The van der Waals surface area contributed by atoms with Gasteiger partial charge < -0.3 is 4.98 Å². The lowest BCUT2D eigenvalue weighted by Gasteiger charge is -2.19. The van der Waals surface area contributed by atoms with Gasteiger partial charge in [-0.25, -0.2) is 15.0 Å². The van der Waals surface area contributed by atoms with Crippen LogP contribution in [-0.4, -0.2) is 33.3 Å². The van der Waals surface area contributed by atoms with E-state index in [1.807, 2.05) is 6.20 Å². The van der Waals surface area contributed by atoms with Crippen LogP contribution in [0.15, 0.2) is 66.9 Å². The second kappa shape index (κ2) is 7.01. The Labute approximate surface area is 218 Å². The Kier molecular flexibility index (Phi) is 3.95. The first-order valence-electron chi connectivity index (χ1n) is 13.0. The molecule has 0 radical (unpaired) electrons. The van der Waals surface area contributed by atoms with Crippen LogP contribution in [0.5, 0.6) is 0 Å². The van der Waals surface area contributed by atoms with Crippen LogP contribution in [0.1, 0.15) is 37.5 Å². The molecule has 186 valence electrons. The highest BCUT2D eigenvalue weighted by Crippen LogP contribution is 2.34. The van der Waals surface area contributed by atoms with E-state index in [1.165, 1.54) is 11.1 Å². The van der Waals surface area contributed by atoms with Crippen molar-refractivity contribution in [3.63, 3.8) is 0 Å². The number of para-hydroxylation sites is 2. The second-order valence-corrected chi connectivity index (χ2v) is 11.4. The number of aromatic nitrogens is 7. The lowest BCUT2D eigenvalue weighted by molar-refractivity contribution is 0.588. The number of rotatable bonds is 1. The molecular formula is C31H27N7. The molecule has 8 rings (SSSR count). The number of aryl methyl sites for hydroxylation is 2. The number of nitrogens with one attached hydrogen (secondary N) is 1. The minimum absolute atomic E-state index is 0.00481. The Balaban J connectivity index is 1.56.